The van der Waals surface area contributed by atoms with Crippen LogP contribution in [0.25, 0.3) is 11.0 Å². The summed E-state index contributed by atoms with van der Waals surface area (Å²) in [5, 5.41) is 5.95. The average molecular weight is 357 g/mol. The summed E-state index contributed by atoms with van der Waals surface area (Å²) in [7, 11) is 0. The van der Waals surface area contributed by atoms with Crippen LogP contribution in [0.2, 0.25) is 5.28 Å². The van der Waals surface area contributed by atoms with Crippen LogP contribution in [0.4, 0.5) is 0 Å². The van der Waals surface area contributed by atoms with Gasteiger partial charge in [-0.05, 0) is 36.9 Å². The highest BCUT2D eigenvalue weighted by Gasteiger charge is 2.24. The maximum atomic E-state index is 6.03. The number of benzene rings is 1. The topological polar surface area (TPSA) is 43.6 Å². The Balaban J connectivity index is 1.87. The van der Waals surface area contributed by atoms with Gasteiger partial charge in [-0.15, -0.1) is 0 Å². The lowest BCUT2D eigenvalue weighted by atomic mass is 10.1. The third-order valence-corrected chi connectivity index (χ3v) is 5.20. The van der Waals surface area contributed by atoms with Crippen LogP contribution in [0, 0.1) is 6.92 Å². The summed E-state index contributed by atoms with van der Waals surface area (Å²) in [5.74, 6) is 0. The van der Waals surface area contributed by atoms with Gasteiger partial charge in [-0.2, -0.15) is 10.1 Å². The van der Waals surface area contributed by atoms with Crippen molar-refractivity contribution in [3.63, 3.8) is 0 Å². The Kier molecular flexibility index (Phi) is 4.06. The Morgan fingerprint density at radius 3 is 2.83 bits per heavy atom. The summed E-state index contributed by atoms with van der Waals surface area (Å²) in [5.41, 5.74) is 3.73. The van der Waals surface area contributed by atoms with Crippen LogP contribution in [-0.2, 0) is 0 Å². The van der Waals surface area contributed by atoms with Gasteiger partial charge < -0.3 is 0 Å². The molecule has 0 spiro atoms. The first-order valence-corrected chi connectivity index (χ1v) is 8.94. The van der Waals surface area contributed by atoms with E-state index in [0.717, 1.165) is 40.0 Å². The molecule has 0 saturated heterocycles. The molecule has 0 unspecified atom stereocenters. The van der Waals surface area contributed by atoms with E-state index < -0.39 is 0 Å². The van der Waals surface area contributed by atoms with Gasteiger partial charge in [0.2, 0.25) is 5.28 Å². The first kappa shape index (κ1) is 15.7. The number of rotatable bonds is 3. The molecule has 1 aromatic carbocycles. The minimum atomic E-state index is 0.245. The van der Waals surface area contributed by atoms with Gasteiger partial charge in [-0.3, -0.25) is 0 Å². The molecule has 0 radical (unpaired) electrons. The predicted octanol–water partition coefficient (Wildman–Crippen LogP) is 4.67. The van der Waals surface area contributed by atoms with Crippen LogP contribution in [0.5, 0.6) is 0 Å². The summed E-state index contributed by atoms with van der Waals surface area (Å²) < 4.78 is 2.01. The van der Waals surface area contributed by atoms with E-state index >= 15 is 0 Å². The maximum Gasteiger partial charge on any atom is 0.224 e. The molecule has 0 atom stereocenters. The van der Waals surface area contributed by atoms with E-state index in [1.54, 1.807) is 6.20 Å². The fourth-order valence-electron chi connectivity index (χ4n) is 3.40. The SMILES string of the molecule is Cc1cccc(C(=S)c2nn(C3CCCC3)c3nc(Cl)ncc23)c1. The Labute approximate surface area is 150 Å². The quantitative estimate of drug-likeness (QED) is 0.388. The van der Waals surface area contributed by atoms with Gasteiger partial charge in [0.1, 0.15) is 5.69 Å². The van der Waals surface area contributed by atoms with Crippen LogP contribution in [0.15, 0.2) is 30.5 Å². The Morgan fingerprint density at radius 2 is 2.08 bits per heavy atom. The number of hydrogen-bond donors (Lipinski definition) is 0. The molecule has 4 nitrogen and oxygen atoms in total. The van der Waals surface area contributed by atoms with Gasteiger partial charge in [0.25, 0.3) is 0 Å². The first-order valence-electron chi connectivity index (χ1n) is 8.15. The highest BCUT2D eigenvalue weighted by molar-refractivity contribution is 7.81. The first-order chi connectivity index (χ1) is 11.6. The van der Waals surface area contributed by atoms with Crippen molar-refractivity contribution in [1.82, 2.24) is 19.7 Å². The zero-order valence-corrected chi connectivity index (χ0v) is 14.9. The van der Waals surface area contributed by atoms with E-state index in [4.69, 9.17) is 28.9 Å². The van der Waals surface area contributed by atoms with E-state index in [1.165, 1.54) is 18.4 Å². The Hall–Kier alpha value is -1.85. The molecule has 0 amide bonds. The van der Waals surface area contributed by atoms with Crippen molar-refractivity contribution in [1.29, 1.82) is 0 Å². The molecule has 6 heteroatoms. The van der Waals surface area contributed by atoms with Crippen molar-refractivity contribution >= 4 is 39.7 Å². The lowest BCUT2D eigenvalue weighted by molar-refractivity contribution is 0.478. The highest BCUT2D eigenvalue weighted by atomic mass is 35.5. The summed E-state index contributed by atoms with van der Waals surface area (Å²) in [4.78, 5) is 9.30. The molecule has 4 rings (SSSR count). The second kappa shape index (κ2) is 6.22. The maximum absolute atomic E-state index is 6.03. The third kappa shape index (κ3) is 2.72. The monoisotopic (exact) mass is 356 g/mol. The van der Waals surface area contributed by atoms with Crippen LogP contribution in [-0.4, -0.2) is 24.6 Å². The third-order valence-electron chi connectivity index (χ3n) is 4.59. The standard InChI is InChI=1S/C18H17ClN4S/c1-11-5-4-6-12(9-11)16(24)15-14-10-20-18(19)21-17(14)23(22-15)13-7-2-3-8-13/h4-6,9-10,13H,2-3,7-8H2,1H3. The van der Waals surface area contributed by atoms with Gasteiger partial charge >= 0.3 is 0 Å². The molecule has 1 aliphatic carbocycles. The van der Waals surface area contributed by atoms with Crippen LogP contribution in [0.1, 0.15) is 48.5 Å². The molecule has 0 N–H and O–H groups in total. The van der Waals surface area contributed by atoms with Gasteiger partial charge in [0.15, 0.2) is 5.65 Å². The number of hydrogen-bond acceptors (Lipinski definition) is 4. The molecule has 3 aromatic rings. The number of halogens is 1. The van der Waals surface area contributed by atoms with E-state index in [9.17, 15) is 0 Å². The molecule has 2 aromatic heterocycles. The zero-order valence-electron chi connectivity index (χ0n) is 13.4. The highest BCUT2D eigenvalue weighted by Crippen LogP contribution is 2.33. The lowest BCUT2D eigenvalue weighted by Gasteiger charge is -2.10. The molecule has 0 bridgehead atoms. The van der Waals surface area contributed by atoms with E-state index in [1.807, 2.05) is 16.8 Å². The van der Waals surface area contributed by atoms with Crippen LogP contribution >= 0.6 is 23.8 Å². The minimum Gasteiger partial charge on any atom is -0.243 e. The number of aromatic nitrogens is 4. The number of nitrogens with zero attached hydrogens (tertiary/aromatic N) is 4. The molecule has 1 aliphatic rings. The summed E-state index contributed by atoms with van der Waals surface area (Å²) >= 11 is 11.8. The fraction of sp³-hybridized carbons (Fsp3) is 0.333. The Bertz CT molecular complexity index is 928. The number of fused-ring (bicyclic) bond motifs is 1. The van der Waals surface area contributed by atoms with Crippen molar-refractivity contribution in [2.45, 2.75) is 38.6 Å². The molecule has 24 heavy (non-hydrogen) atoms. The van der Waals surface area contributed by atoms with E-state index in [2.05, 4.69) is 29.0 Å². The lowest BCUT2D eigenvalue weighted by Crippen LogP contribution is -2.09. The number of thiocarbonyl (C=S) groups is 1. The molecular formula is C18H17ClN4S. The predicted molar refractivity (Wildman–Crippen MR) is 99.8 cm³/mol. The van der Waals surface area contributed by atoms with Gasteiger partial charge in [0, 0.05) is 6.20 Å². The second-order valence-corrected chi connectivity index (χ2v) is 7.05. The molecule has 0 aliphatic heterocycles. The Morgan fingerprint density at radius 1 is 1.29 bits per heavy atom. The fourth-order valence-corrected chi connectivity index (χ4v) is 3.80. The number of aryl methyl sites for hydroxylation is 1. The zero-order chi connectivity index (χ0) is 16.7. The van der Waals surface area contributed by atoms with E-state index in [-0.39, 0.29) is 5.28 Å². The summed E-state index contributed by atoms with van der Waals surface area (Å²) in [6.07, 6.45) is 6.43. The van der Waals surface area contributed by atoms with Crippen molar-refractivity contribution in [3.8, 4) is 0 Å². The second-order valence-electron chi connectivity index (χ2n) is 6.31. The molecule has 2 heterocycles. The van der Waals surface area contributed by atoms with Crippen molar-refractivity contribution in [2.24, 2.45) is 0 Å². The average Bonchev–Trinajstić information content (AvgIpc) is 3.21. The summed E-state index contributed by atoms with van der Waals surface area (Å²) in [6.45, 7) is 2.06. The smallest absolute Gasteiger partial charge is 0.224 e. The van der Waals surface area contributed by atoms with Crippen molar-refractivity contribution in [3.05, 3.63) is 52.6 Å². The van der Waals surface area contributed by atoms with E-state index in [0.29, 0.717) is 6.04 Å². The van der Waals surface area contributed by atoms with Crippen molar-refractivity contribution in [2.75, 3.05) is 0 Å². The van der Waals surface area contributed by atoms with Crippen LogP contribution in [0.3, 0.4) is 0 Å². The minimum absolute atomic E-state index is 0.245. The molecule has 122 valence electrons. The molecular weight excluding hydrogens is 340 g/mol. The van der Waals surface area contributed by atoms with Gasteiger partial charge in [-0.25, -0.2) is 9.67 Å². The van der Waals surface area contributed by atoms with Gasteiger partial charge in [-0.1, -0.05) is 54.9 Å². The van der Waals surface area contributed by atoms with Gasteiger partial charge in [0.05, 0.1) is 16.3 Å². The summed E-state index contributed by atoms with van der Waals surface area (Å²) in [6, 6.07) is 8.55. The molecule has 1 saturated carbocycles. The van der Waals surface area contributed by atoms with Crippen molar-refractivity contribution < 1.29 is 0 Å². The van der Waals surface area contributed by atoms with Crippen LogP contribution < -0.4 is 0 Å². The largest absolute Gasteiger partial charge is 0.243 e. The molecule has 1 fully saturated rings. The normalized spacial score (nSPS) is 15.2.